The number of nitro groups is 1. The van der Waals surface area contributed by atoms with E-state index in [1.165, 1.54) is 18.2 Å². The molecule has 1 rings (SSSR count). The minimum atomic E-state index is -0.604. The molecular weight excluding hydrogens is 282 g/mol. The van der Waals surface area contributed by atoms with Crippen LogP contribution in [0.2, 0.25) is 5.02 Å². The van der Waals surface area contributed by atoms with Crippen molar-refractivity contribution in [1.29, 1.82) is 0 Å². The number of nitro benzene ring substituents is 1. The van der Waals surface area contributed by atoms with E-state index in [-0.39, 0.29) is 16.3 Å². The Morgan fingerprint density at radius 2 is 2.10 bits per heavy atom. The summed E-state index contributed by atoms with van der Waals surface area (Å²) in [5, 5.41) is 13.8. The summed E-state index contributed by atoms with van der Waals surface area (Å²) in [4.78, 5) is 24.3. The van der Waals surface area contributed by atoms with E-state index >= 15 is 0 Å². The van der Waals surface area contributed by atoms with Gasteiger partial charge in [0, 0.05) is 17.6 Å². The van der Waals surface area contributed by atoms with Gasteiger partial charge in [0.2, 0.25) is 0 Å². The molecule has 110 valence electrons. The minimum Gasteiger partial charge on any atom is -0.352 e. The molecule has 0 saturated carbocycles. The largest absolute Gasteiger partial charge is 0.352 e. The molecule has 0 aromatic heterocycles. The van der Waals surface area contributed by atoms with Gasteiger partial charge in [-0.1, -0.05) is 11.6 Å². The lowest BCUT2D eigenvalue weighted by Gasteiger charge is -2.09. The van der Waals surface area contributed by atoms with Crippen LogP contribution in [0, 0.1) is 10.1 Å². The Balaban J connectivity index is 2.57. The first-order valence-electron chi connectivity index (χ1n) is 6.28. The average Bonchev–Trinajstić information content (AvgIpc) is 2.37. The average molecular weight is 300 g/mol. The molecule has 0 fully saturated rings. The molecule has 1 aromatic rings. The molecule has 0 aliphatic rings. The van der Waals surface area contributed by atoms with Crippen LogP contribution in [0.5, 0.6) is 0 Å². The summed E-state index contributed by atoms with van der Waals surface area (Å²) in [7, 11) is 3.96. The van der Waals surface area contributed by atoms with E-state index in [0.29, 0.717) is 6.54 Å². The number of rotatable bonds is 7. The van der Waals surface area contributed by atoms with Gasteiger partial charge in [-0.2, -0.15) is 0 Å². The van der Waals surface area contributed by atoms with E-state index in [1.54, 1.807) is 0 Å². The Hall–Kier alpha value is -1.66. The summed E-state index contributed by atoms with van der Waals surface area (Å²) in [5.41, 5.74) is -0.240. The van der Waals surface area contributed by atoms with Crippen LogP contribution in [0.4, 0.5) is 5.69 Å². The fourth-order valence-corrected chi connectivity index (χ4v) is 1.86. The van der Waals surface area contributed by atoms with Crippen molar-refractivity contribution in [3.63, 3.8) is 0 Å². The van der Waals surface area contributed by atoms with Gasteiger partial charge < -0.3 is 10.2 Å². The zero-order valence-corrected chi connectivity index (χ0v) is 12.3. The molecule has 1 aromatic carbocycles. The van der Waals surface area contributed by atoms with Crippen LogP contribution in [0.15, 0.2) is 18.2 Å². The van der Waals surface area contributed by atoms with Crippen molar-refractivity contribution in [2.24, 2.45) is 0 Å². The van der Waals surface area contributed by atoms with Crippen LogP contribution in [-0.2, 0) is 0 Å². The first-order valence-corrected chi connectivity index (χ1v) is 6.66. The highest BCUT2D eigenvalue weighted by molar-refractivity contribution is 6.31. The second-order valence-electron chi connectivity index (χ2n) is 4.68. The topological polar surface area (TPSA) is 75.5 Å². The quantitative estimate of drug-likeness (QED) is 0.476. The number of hydrogen-bond acceptors (Lipinski definition) is 4. The Morgan fingerprint density at radius 3 is 2.70 bits per heavy atom. The summed E-state index contributed by atoms with van der Waals surface area (Å²) in [6.07, 6.45) is 1.78. The van der Waals surface area contributed by atoms with Crippen LogP contribution in [0.1, 0.15) is 23.2 Å². The fraction of sp³-hybridized carbons (Fsp3) is 0.462. The molecule has 20 heavy (non-hydrogen) atoms. The number of nitrogens with one attached hydrogen (secondary N) is 1. The molecule has 1 N–H and O–H groups in total. The number of carbonyl (C=O) groups is 1. The second-order valence-corrected chi connectivity index (χ2v) is 5.12. The van der Waals surface area contributed by atoms with Crippen molar-refractivity contribution in [1.82, 2.24) is 10.2 Å². The van der Waals surface area contributed by atoms with Crippen LogP contribution in [0.25, 0.3) is 0 Å². The molecule has 0 aliphatic carbocycles. The smallest absolute Gasteiger partial charge is 0.283 e. The lowest BCUT2D eigenvalue weighted by atomic mass is 10.1. The monoisotopic (exact) mass is 299 g/mol. The molecule has 0 bridgehead atoms. The van der Waals surface area contributed by atoms with Crippen LogP contribution >= 0.6 is 11.6 Å². The van der Waals surface area contributed by atoms with Crippen molar-refractivity contribution in [3.05, 3.63) is 38.9 Å². The third-order valence-corrected chi connectivity index (χ3v) is 2.95. The molecule has 0 spiro atoms. The maximum atomic E-state index is 11.9. The number of carbonyl (C=O) groups excluding carboxylic acids is 1. The Kier molecular flexibility index (Phi) is 6.41. The molecule has 0 aliphatic heterocycles. The maximum Gasteiger partial charge on any atom is 0.283 e. The molecule has 1 amide bonds. The standard InChI is InChI=1S/C13H18ClN3O3/c1-16(2)8-4-3-7-15-13(18)11-6-5-10(14)9-12(11)17(19)20/h5-6,9H,3-4,7-8H2,1-2H3,(H,15,18). The maximum absolute atomic E-state index is 11.9. The molecule has 6 nitrogen and oxygen atoms in total. The van der Waals surface area contributed by atoms with Crippen LogP contribution in [0.3, 0.4) is 0 Å². The van der Waals surface area contributed by atoms with Gasteiger partial charge in [-0.15, -0.1) is 0 Å². The first-order chi connectivity index (χ1) is 9.41. The van der Waals surface area contributed by atoms with Crippen molar-refractivity contribution in [2.45, 2.75) is 12.8 Å². The lowest BCUT2D eigenvalue weighted by Crippen LogP contribution is -2.26. The highest BCUT2D eigenvalue weighted by atomic mass is 35.5. The Morgan fingerprint density at radius 1 is 1.40 bits per heavy atom. The van der Waals surface area contributed by atoms with E-state index < -0.39 is 10.8 Å². The van der Waals surface area contributed by atoms with Gasteiger partial charge in [0.05, 0.1) is 4.92 Å². The van der Waals surface area contributed by atoms with E-state index in [9.17, 15) is 14.9 Å². The van der Waals surface area contributed by atoms with E-state index in [1.807, 2.05) is 14.1 Å². The summed E-state index contributed by atoms with van der Waals surface area (Å²) in [6.45, 7) is 1.43. The number of nitrogens with zero attached hydrogens (tertiary/aromatic N) is 2. The van der Waals surface area contributed by atoms with Gasteiger partial charge in [-0.05, 0) is 45.6 Å². The number of benzene rings is 1. The minimum absolute atomic E-state index is 0.0343. The predicted octanol–water partition coefficient (Wildman–Crippen LogP) is 2.32. The van der Waals surface area contributed by atoms with Crippen LogP contribution < -0.4 is 5.32 Å². The zero-order valence-electron chi connectivity index (χ0n) is 11.6. The Labute approximate surface area is 122 Å². The van der Waals surface area contributed by atoms with Crippen molar-refractivity contribution in [2.75, 3.05) is 27.2 Å². The number of hydrogen-bond donors (Lipinski definition) is 1. The normalized spacial score (nSPS) is 10.6. The lowest BCUT2D eigenvalue weighted by molar-refractivity contribution is -0.385. The molecule has 0 atom stereocenters. The van der Waals surface area contributed by atoms with Gasteiger partial charge in [0.25, 0.3) is 11.6 Å². The van der Waals surface area contributed by atoms with Gasteiger partial charge in [0.1, 0.15) is 5.56 Å². The number of unbranched alkanes of at least 4 members (excludes halogenated alkanes) is 1. The van der Waals surface area contributed by atoms with E-state index in [4.69, 9.17) is 11.6 Å². The van der Waals surface area contributed by atoms with Crippen LogP contribution in [-0.4, -0.2) is 42.9 Å². The SMILES string of the molecule is CN(C)CCCCNC(=O)c1ccc(Cl)cc1[N+](=O)[O-]. The summed E-state index contributed by atoms with van der Waals surface area (Å²) >= 11 is 5.70. The summed E-state index contributed by atoms with van der Waals surface area (Å²) < 4.78 is 0. The van der Waals surface area contributed by atoms with Gasteiger partial charge in [-0.25, -0.2) is 0 Å². The molecule has 0 unspecified atom stereocenters. The zero-order chi connectivity index (χ0) is 15.1. The first kappa shape index (κ1) is 16.4. The number of halogens is 1. The van der Waals surface area contributed by atoms with Gasteiger partial charge in [-0.3, -0.25) is 14.9 Å². The third kappa shape index (κ3) is 5.14. The van der Waals surface area contributed by atoms with Gasteiger partial charge in [0.15, 0.2) is 0 Å². The van der Waals surface area contributed by atoms with E-state index in [2.05, 4.69) is 10.2 Å². The van der Waals surface area contributed by atoms with Crippen molar-refractivity contribution >= 4 is 23.2 Å². The molecule has 7 heteroatoms. The molecule has 0 radical (unpaired) electrons. The van der Waals surface area contributed by atoms with Gasteiger partial charge >= 0.3 is 0 Å². The fourth-order valence-electron chi connectivity index (χ4n) is 1.70. The Bertz CT molecular complexity index is 492. The molecule has 0 heterocycles. The second kappa shape index (κ2) is 7.81. The highest BCUT2D eigenvalue weighted by Crippen LogP contribution is 2.23. The van der Waals surface area contributed by atoms with Crippen molar-refractivity contribution in [3.8, 4) is 0 Å². The summed E-state index contributed by atoms with van der Waals surface area (Å²) in [5.74, 6) is -0.446. The van der Waals surface area contributed by atoms with E-state index in [0.717, 1.165) is 19.4 Å². The number of amides is 1. The molecular formula is C13H18ClN3O3. The third-order valence-electron chi connectivity index (χ3n) is 2.72. The highest BCUT2D eigenvalue weighted by Gasteiger charge is 2.19. The molecule has 0 saturated heterocycles. The predicted molar refractivity (Wildman–Crippen MR) is 78.2 cm³/mol. The van der Waals surface area contributed by atoms with Crippen molar-refractivity contribution < 1.29 is 9.72 Å². The summed E-state index contributed by atoms with van der Waals surface area (Å²) in [6, 6.07) is 4.02.